The normalized spacial score (nSPS) is 19.7. The number of nitrogens with one attached hydrogen (secondary N) is 1. The maximum absolute atomic E-state index is 13.1. The van der Waals surface area contributed by atoms with Crippen molar-refractivity contribution < 1.29 is 42.1 Å². The SMILES string of the molecule is COc1ccc(C(C(=O)OC(=O)N2CCNCC2)C2(O)CCCCC2)cc1OC(F)(F)F. The van der Waals surface area contributed by atoms with E-state index < -0.39 is 35.7 Å². The van der Waals surface area contributed by atoms with E-state index in [-0.39, 0.29) is 24.2 Å². The fourth-order valence-corrected chi connectivity index (χ4v) is 4.25. The molecule has 1 amide bonds. The van der Waals surface area contributed by atoms with Crippen molar-refractivity contribution in [2.24, 2.45) is 0 Å². The lowest BCUT2D eigenvalue weighted by atomic mass is 9.72. The van der Waals surface area contributed by atoms with Gasteiger partial charge >= 0.3 is 18.4 Å². The van der Waals surface area contributed by atoms with E-state index in [0.717, 1.165) is 12.5 Å². The van der Waals surface area contributed by atoms with E-state index >= 15 is 0 Å². The Morgan fingerprint density at radius 3 is 2.38 bits per heavy atom. The van der Waals surface area contributed by atoms with Gasteiger partial charge in [0.1, 0.15) is 5.92 Å². The Morgan fingerprint density at radius 2 is 1.78 bits per heavy atom. The number of methoxy groups -OCH3 is 1. The highest BCUT2D eigenvalue weighted by Gasteiger charge is 2.46. The monoisotopic (exact) mass is 460 g/mol. The van der Waals surface area contributed by atoms with Crippen LogP contribution in [0.4, 0.5) is 18.0 Å². The molecule has 0 aromatic heterocycles. The maximum Gasteiger partial charge on any atom is 0.573 e. The molecule has 1 unspecified atom stereocenters. The molecule has 11 heteroatoms. The number of amides is 1. The molecule has 32 heavy (non-hydrogen) atoms. The number of rotatable bonds is 5. The van der Waals surface area contributed by atoms with Gasteiger partial charge in [0.25, 0.3) is 0 Å². The minimum Gasteiger partial charge on any atom is -0.493 e. The van der Waals surface area contributed by atoms with Gasteiger partial charge < -0.3 is 29.5 Å². The Morgan fingerprint density at radius 1 is 1.12 bits per heavy atom. The molecule has 1 saturated heterocycles. The predicted octanol–water partition coefficient (Wildman–Crippen LogP) is 2.94. The van der Waals surface area contributed by atoms with Crippen molar-refractivity contribution in [3.8, 4) is 11.5 Å². The summed E-state index contributed by atoms with van der Waals surface area (Å²) in [6.45, 7) is 1.81. The third-order valence-electron chi connectivity index (χ3n) is 5.80. The summed E-state index contributed by atoms with van der Waals surface area (Å²) in [5, 5.41) is 14.4. The number of aliphatic hydroxyl groups is 1. The minimum atomic E-state index is -4.98. The van der Waals surface area contributed by atoms with Crippen LogP contribution in [-0.2, 0) is 9.53 Å². The van der Waals surface area contributed by atoms with Crippen LogP contribution in [0.5, 0.6) is 11.5 Å². The van der Waals surface area contributed by atoms with Gasteiger partial charge in [0.05, 0.1) is 12.7 Å². The van der Waals surface area contributed by atoms with Crippen molar-refractivity contribution in [3.05, 3.63) is 23.8 Å². The standard InChI is InChI=1S/C21H27F3N2O6/c1-30-15-6-5-14(13-16(15)32-21(22,23)24)17(20(29)7-3-2-4-8-20)18(27)31-19(28)26-11-9-25-10-12-26/h5-6,13,17,25,29H,2-4,7-12H2,1H3. The Hall–Kier alpha value is -2.53. The summed E-state index contributed by atoms with van der Waals surface area (Å²) in [5.74, 6) is -3.22. The molecule has 2 fully saturated rings. The number of esters is 1. The van der Waals surface area contributed by atoms with Crippen LogP contribution in [0.1, 0.15) is 43.6 Å². The first-order valence-electron chi connectivity index (χ1n) is 10.5. The number of carbonyl (C=O) groups is 2. The molecule has 3 rings (SSSR count). The van der Waals surface area contributed by atoms with Crippen LogP contribution in [0.3, 0.4) is 0 Å². The van der Waals surface area contributed by atoms with E-state index in [1.807, 2.05) is 0 Å². The predicted molar refractivity (Wildman–Crippen MR) is 106 cm³/mol. The molecule has 8 nitrogen and oxygen atoms in total. The fourth-order valence-electron chi connectivity index (χ4n) is 4.25. The first-order chi connectivity index (χ1) is 15.1. The van der Waals surface area contributed by atoms with Crippen LogP contribution in [0.2, 0.25) is 0 Å². The summed E-state index contributed by atoms with van der Waals surface area (Å²) in [6.07, 6.45) is -3.22. The number of benzene rings is 1. The van der Waals surface area contributed by atoms with Gasteiger partial charge in [-0.3, -0.25) is 4.79 Å². The highest BCUT2D eigenvalue weighted by molar-refractivity contribution is 5.90. The van der Waals surface area contributed by atoms with Crippen LogP contribution in [0.15, 0.2) is 18.2 Å². The number of halogens is 3. The second-order valence-corrected chi connectivity index (χ2v) is 7.98. The van der Waals surface area contributed by atoms with Gasteiger partial charge in [-0.2, -0.15) is 0 Å². The van der Waals surface area contributed by atoms with Crippen molar-refractivity contribution >= 4 is 12.1 Å². The fraction of sp³-hybridized carbons (Fsp3) is 0.619. The zero-order valence-electron chi connectivity index (χ0n) is 17.7. The Labute approximate surface area is 183 Å². The summed E-state index contributed by atoms with van der Waals surface area (Å²) >= 11 is 0. The van der Waals surface area contributed by atoms with Crippen LogP contribution in [-0.4, -0.2) is 67.3 Å². The summed E-state index contributed by atoms with van der Waals surface area (Å²) in [7, 11) is 1.19. The maximum atomic E-state index is 13.1. The Bertz CT molecular complexity index is 820. The summed E-state index contributed by atoms with van der Waals surface area (Å²) in [4.78, 5) is 26.9. The third kappa shape index (κ3) is 5.83. The van der Waals surface area contributed by atoms with E-state index in [2.05, 4.69) is 10.1 Å². The molecule has 0 spiro atoms. The van der Waals surface area contributed by atoms with E-state index in [9.17, 15) is 27.9 Å². The third-order valence-corrected chi connectivity index (χ3v) is 5.80. The second kappa shape index (κ2) is 9.95. The van der Waals surface area contributed by atoms with Gasteiger partial charge in [-0.15, -0.1) is 13.2 Å². The Kier molecular flexibility index (Phi) is 7.50. The van der Waals surface area contributed by atoms with Crippen LogP contribution >= 0.6 is 0 Å². The Balaban J connectivity index is 1.93. The topological polar surface area (TPSA) is 97.3 Å². The molecule has 178 valence electrons. The molecule has 1 aromatic carbocycles. The largest absolute Gasteiger partial charge is 0.573 e. The average molecular weight is 460 g/mol. The van der Waals surface area contributed by atoms with Crippen LogP contribution in [0, 0.1) is 0 Å². The zero-order valence-corrected chi connectivity index (χ0v) is 17.7. The summed E-state index contributed by atoms with van der Waals surface area (Å²) in [6, 6.07) is 3.59. The molecular weight excluding hydrogens is 433 g/mol. The lowest BCUT2D eigenvalue weighted by molar-refractivity contribution is -0.275. The second-order valence-electron chi connectivity index (χ2n) is 7.98. The first kappa shape index (κ1) is 24.1. The molecule has 0 radical (unpaired) electrons. The average Bonchev–Trinajstić information content (AvgIpc) is 2.74. The van der Waals surface area contributed by atoms with Gasteiger partial charge in [-0.1, -0.05) is 25.3 Å². The van der Waals surface area contributed by atoms with Crippen molar-refractivity contribution in [3.63, 3.8) is 0 Å². The van der Waals surface area contributed by atoms with E-state index in [0.29, 0.717) is 39.0 Å². The molecule has 0 bridgehead atoms. The number of hydrogen-bond acceptors (Lipinski definition) is 7. The van der Waals surface area contributed by atoms with Gasteiger partial charge in [-0.25, -0.2) is 4.79 Å². The molecule has 2 aliphatic rings. The molecule has 1 aliphatic carbocycles. The van der Waals surface area contributed by atoms with Crippen molar-refractivity contribution in [1.82, 2.24) is 10.2 Å². The molecule has 2 N–H and O–H groups in total. The summed E-state index contributed by atoms with van der Waals surface area (Å²) in [5.41, 5.74) is -1.52. The molecule has 1 heterocycles. The minimum absolute atomic E-state index is 0.0487. The van der Waals surface area contributed by atoms with E-state index in [1.54, 1.807) is 0 Å². The van der Waals surface area contributed by atoms with Crippen LogP contribution in [0.25, 0.3) is 0 Å². The van der Waals surface area contributed by atoms with Crippen LogP contribution < -0.4 is 14.8 Å². The highest BCUT2D eigenvalue weighted by Crippen LogP contribution is 2.43. The van der Waals surface area contributed by atoms with E-state index in [1.165, 1.54) is 24.1 Å². The number of alkyl halides is 3. The molecular formula is C21H27F3N2O6. The number of nitrogens with zero attached hydrogens (tertiary/aromatic N) is 1. The van der Waals surface area contributed by atoms with Crippen molar-refractivity contribution in [2.45, 2.75) is 50.0 Å². The van der Waals surface area contributed by atoms with Gasteiger partial charge in [0.2, 0.25) is 0 Å². The number of piperazine rings is 1. The number of carbonyl (C=O) groups excluding carboxylic acids is 2. The van der Waals surface area contributed by atoms with Gasteiger partial charge in [0, 0.05) is 26.2 Å². The lowest BCUT2D eigenvalue weighted by Crippen LogP contribution is -2.49. The van der Waals surface area contributed by atoms with Crippen molar-refractivity contribution in [2.75, 3.05) is 33.3 Å². The molecule has 1 saturated carbocycles. The molecule has 1 aromatic rings. The zero-order chi connectivity index (χ0) is 23.4. The van der Waals surface area contributed by atoms with Gasteiger partial charge in [0.15, 0.2) is 11.5 Å². The molecule has 1 atom stereocenters. The van der Waals surface area contributed by atoms with E-state index in [4.69, 9.17) is 9.47 Å². The number of ether oxygens (including phenoxy) is 3. The number of hydrogen-bond donors (Lipinski definition) is 2. The quantitative estimate of drug-likeness (QED) is 0.515. The van der Waals surface area contributed by atoms with Gasteiger partial charge in [-0.05, 0) is 30.5 Å². The summed E-state index contributed by atoms with van der Waals surface area (Å²) < 4.78 is 52.7. The smallest absolute Gasteiger partial charge is 0.493 e. The van der Waals surface area contributed by atoms with Crippen molar-refractivity contribution in [1.29, 1.82) is 0 Å². The molecule has 1 aliphatic heterocycles. The first-order valence-corrected chi connectivity index (χ1v) is 10.5. The lowest BCUT2D eigenvalue weighted by Gasteiger charge is -2.38. The highest BCUT2D eigenvalue weighted by atomic mass is 19.4.